The molecule has 0 radical (unpaired) electrons. The lowest BCUT2D eigenvalue weighted by Crippen LogP contribution is -2.13. The number of nitrogens with one attached hydrogen (secondary N) is 1. The van der Waals surface area contributed by atoms with Crippen LogP contribution >= 0.6 is 15.9 Å². The summed E-state index contributed by atoms with van der Waals surface area (Å²) in [6.07, 6.45) is 3.97. The smallest absolute Gasteiger partial charge is 0.266 e. The highest BCUT2D eigenvalue weighted by Gasteiger charge is 2.10. The maximum absolute atomic E-state index is 12.3. The van der Waals surface area contributed by atoms with Crippen molar-refractivity contribution in [2.75, 3.05) is 12.4 Å². The molecule has 2 aromatic carbocycles. The van der Waals surface area contributed by atoms with E-state index >= 15 is 0 Å². The van der Waals surface area contributed by atoms with Crippen LogP contribution in [-0.4, -0.2) is 13.0 Å². The molecule has 2 rings (SSSR count). The lowest BCUT2D eigenvalue weighted by molar-refractivity contribution is -0.112. The van der Waals surface area contributed by atoms with E-state index in [0.717, 1.165) is 21.3 Å². The van der Waals surface area contributed by atoms with E-state index in [1.807, 2.05) is 24.3 Å². The molecule has 126 valence electrons. The minimum absolute atomic E-state index is 0.0229. The molecule has 0 heterocycles. The molecule has 5 heteroatoms. The number of carbonyl (C=O) groups excluding carboxylic acids is 1. The number of rotatable bonds is 6. The van der Waals surface area contributed by atoms with Crippen LogP contribution in [-0.2, 0) is 11.2 Å². The van der Waals surface area contributed by atoms with Gasteiger partial charge in [0.15, 0.2) is 0 Å². The molecule has 2 aromatic rings. The molecule has 0 spiro atoms. The Labute approximate surface area is 155 Å². The number of anilines is 1. The molecule has 0 aliphatic rings. The summed E-state index contributed by atoms with van der Waals surface area (Å²) in [5.41, 5.74) is 2.33. The summed E-state index contributed by atoms with van der Waals surface area (Å²) < 4.78 is 6.15. The van der Waals surface area contributed by atoms with Crippen molar-refractivity contribution in [2.24, 2.45) is 0 Å². The van der Waals surface area contributed by atoms with Gasteiger partial charge in [0.1, 0.15) is 17.4 Å². The number of hydrogen-bond acceptors (Lipinski definition) is 3. The Hall–Kier alpha value is -2.84. The number of allylic oxidation sites excluding steroid dienone is 1. The van der Waals surface area contributed by atoms with Crippen LogP contribution in [0.3, 0.4) is 0 Å². The van der Waals surface area contributed by atoms with Crippen molar-refractivity contribution >= 4 is 33.6 Å². The minimum atomic E-state index is -0.457. The summed E-state index contributed by atoms with van der Waals surface area (Å²) in [4.78, 5) is 12.3. The van der Waals surface area contributed by atoms with Crippen LogP contribution in [0, 0.1) is 11.3 Å². The van der Waals surface area contributed by atoms with Gasteiger partial charge in [-0.05, 0) is 54.0 Å². The molecule has 0 bridgehead atoms. The van der Waals surface area contributed by atoms with Crippen LogP contribution < -0.4 is 10.1 Å². The molecular weight excluding hydrogens is 380 g/mol. The molecule has 0 saturated heterocycles. The van der Waals surface area contributed by atoms with E-state index in [2.05, 4.69) is 27.8 Å². The van der Waals surface area contributed by atoms with E-state index in [1.165, 1.54) is 0 Å². The monoisotopic (exact) mass is 396 g/mol. The topological polar surface area (TPSA) is 62.1 Å². The molecule has 1 amide bonds. The van der Waals surface area contributed by atoms with Gasteiger partial charge in [0.2, 0.25) is 0 Å². The number of halogens is 1. The number of nitrogens with zero attached hydrogens (tertiary/aromatic N) is 1. The van der Waals surface area contributed by atoms with Crippen LogP contribution in [0.5, 0.6) is 5.75 Å². The highest BCUT2D eigenvalue weighted by Crippen LogP contribution is 2.22. The second-order valence-corrected chi connectivity index (χ2v) is 6.11. The highest BCUT2D eigenvalue weighted by atomic mass is 79.9. The average Bonchev–Trinajstić information content (AvgIpc) is 2.60. The Morgan fingerprint density at radius 1 is 1.36 bits per heavy atom. The number of methoxy groups -OCH3 is 1. The fourth-order valence-electron chi connectivity index (χ4n) is 2.28. The highest BCUT2D eigenvalue weighted by molar-refractivity contribution is 9.10. The molecule has 25 heavy (non-hydrogen) atoms. The normalized spacial score (nSPS) is 10.7. The Bertz CT molecular complexity index is 866. The molecule has 0 saturated carbocycles. The molecule has 0 fully saturated rings. The summed E-state index contributed by atoms with van der Waals surface area (Å²) in [6, 6.07) is 14.6. The van der Waals surface area contributed by atoms with Crippen LogP contribution in [0.15, 0.2) is 65.2 Å². The third-order valence-electron chi connectivity index (χ3n) is 3.43. The third kappa shape index (κ3) is 5.07. The average molecular weight is 397 g/mol. The van der Waals surface area contributed by atoms with Crippen molar-refractivity contribution in [2.45, 2.75) is 6.42 Å². The number of ether oxygens (including phenoxy) is 1. The van der Waals surface area contributed by atoms with Crippen molar-refractivity contribution in [3.63, 3.8) is 0 Å². The summed E-state index contributed by atoms with van der Waals surface area (Å²) in [5.74, 6) is 0.288. The fourth-order valence-corrected chi connectivity index (χ4v) is 2.68. The Balaban J connectivity index is 2.27. The van der Waals surface area contributed by atoms with Crippen LogP contribution in [0.1, 0.15) is 11.1 Å². The van der Waals surface area contributed by atoms with Gasteiger partial charge >= 0.3 is 0 Å². The van der Waals surface area contributed by atoms with Crippen LogP contribution in [0.2, 0.25) is 0 Å². The van der Waals surface area contributed by atoms with E-state index < -0.39 is 5.91 Å². The van der Waals surface area contributed by atoms with Crippen molar-refractivity contribution in [1.29, 1.82) is 5.26 Å². The van der Waals surface area contributed by atoms with Crippen LogP contribution in [0.25, 0.3) is 6.08 Å². The second-order valence-electron chi connectivity index (χ2n) is 5.20. The minimum Gasteiger partial charge on any atom is -0.496 e. The second kappa shape index (κ2) is 8.86. The van der Waals surface area contributed by atoms with Gasteiger partial charge in [-0.25, -0.2) is 0 Å². The van der Waals surface area contributed by atoms with Gasteiger partial charge < -0.3 is 10.1 Å². The zero-order valence-corrected chi connectivity index (χ0v) is 15.3. The van der Waals surface area contributed by atoms with Gasteiger partial charge in [-0.3, -0.25) is 4.79 Å². The molecule has 0 aromatic heterocycles. The largest absolute Gasteiger partial charge is 0.496 e. The Morgan fingerprint density at radius 3 is 2.80 bits per heavy atom. The van der Waals surface area contributed by atoms with Gasteiger partial charge in [0.05, 0.1) is 7.11 Å². The first-order valence-electron chi connectivity index (χ1n) is 7.54. The molecular formula is C20H17BrN2O2. The van der Waals surface area contributed by atoms with Crippen molar-refractivity contribution in [1.82, 2.24) is 0 Å². The summed E-state index contributed by atoms with van der Waals surface area (Å²) >= 11 is 3.35. The third-order valence-corrected chi connectivity index (χ3v) is 3.92. The first-order valence-corrected chi connectivity index (χ1v) is 8.33. The number of hydrogen-bond donors (Lipinski definition) is 1. The van der Waals surface area contributed by atoms with E-state index in [9.17, 15) is 10.1 Å². The van der Waals surface area contributed by atoms with E-state index in [-0.39, 0.29) is 5.57 Å². The van der Waals surface area contributed by atoms with Gasteiger partial charge in [-0.2, -0.15) is 5.26 Å². The molecule has 0 unspecified atom stereocenters. The van der Waals surface area contributed by atoms with E-state index in [0.29, 0.717) is 12.1 Å². The zero-order chi connectivity index (χ0) is 18.2. The summed E-state index contributed by atoms with van der Waals surface area (Å²) in [5, 5.41) is 12.1. The zero-order valence-electron chi connectivity index (χ0n) is 13.8. The summed E-state index contributed by atoms with van der Waals surface area (Å²) in [7, 11) is 1.60. The van der Waals surface area contributed by atoms with Gasteiger partial charge in [0, 0.05) is 10.2 Å². The first-order chi connectivity index (χ1) is 12.1. The van der Waals surface area contributed by atoms with Gasteiger partial charge in [-0.1, -0.05) is 34.1 Å². The predicted molar refractivity (Wildman–Crippen MR) is 103 cm³/mol. The van der Waals surface area contributed by atoms with Gasteiger partial charge in [0.25, 0.3) is 5.91 Å². The Morgan fingerprint density at radius 2 is 2.16 bits per heavy atom. The number of amides is 1. The quantitative estimate of drug-likeness (QED) is 0.436. The molecule has 0 aliphatic carbocycles. The van der Waals surface area contributed by atoms with E-state index in [4.69, 9.17) is 4.74 Å². The molecule has 1 N–H and O–H groups in total. The fraction of sp³-hybridized carbons (Fsp3) is 0.100. The maximum Gasteiger partial charge on any atom is 0.266 e. The SMILES string of the molecule is C=CCc1cc(/C=C(/C#N)C(=O)Nc2cccc(Br)c2)ccc1OC. The standard InChI is InChI=1S/C20H17BrN2O2/c1-3-5-15-10-14(8-9-19(15)25-2)11-16(13-22)20(24)23-18-7-4-6-17(21)12-18/h3-4,6-12H,1,5H2,2H3,(H,23,24)/b16-11-. The number of carbonyl (C=O) groups is 1. The first kappa shape index (κ1) is 18.5. The lowest BCUT2D eigenvalue weighted by Gasteiger charge is -2.08. The predicted octanol–water partition coefficient (Wildman–Crippen LogP) is 4.73. The Kier molecular flexibility index (Phi) is 6.55. The number of nitriles is 1. The van der Waals surface area contributed by atoms with Crippen molar-refractivity contribution < 1.29 is 9.53 Å². The van der Waals surface area contributed by atoms with Crippen LogP contribution in [0.4, 0.5) is 5.69 Å². The van der Waals surface area contributed by atoms with Crippen molar-refractivity contribution in [3.8, 4) is 11.8 Å². The van der Waals surface area contributed by atoms with Gasteiger partial charge in [-0.15, -0.1) is 6.58 Å². The molecule has 0 atom stereocenters. The lowest BCUT2D eigenvalue weighted by atomic mass is 10.0. The molecule has 4 nitrogen and oxygen atoms in total. The maximum atomic E-state index is 12.3. The molecule has 0 aliphatic heterocycles. The van der Waals surface area contributed by atoms with Crippen molar-refractivity contribution in [3.05, 3.63) is 76.3 Å². The van der Waals surface area contributed by atoms with E-state index in [1.54, 1.807) is 43.5 Å². The summed E-state index contributed by atoms with van der Waals surface area (Å²) in [6.45, 7) is 3.73. The number of benzene rings is 2.